The van der Waals surface area contributed by atoms with E-state index in [1.807, 2.05) is 6.07 Å². The molecule has 0 radical (unpaired) electrons. The number of nitrogens with zero attached hydrogens (tertiary/aromatic N) is 2. The number of hydrogen-bond donors (Lipinski definition) is 2. The number of hydrogen-bond acceptors (Lipinski definition) is 5. The molecule has 1 fully saturated rings. The third-order valence-electron chi connectivity index (χ3n) is 3.42. The van der Waals surface area contributed by atoms with Crippen LogP contribution in [0.1, 0.15) is 12.8 Å². The zero-order chi connectivity index (χ0) is 15.1. The van der Waals surface area contributed by atoms with Crippen molar-refractivity contribution in [1.82, 2.24) is 4.90 Å². The number of nitriles is 1. The molecule has 6 nitrogen and oxygen atoms in total. The Labute approximate surface area is 124 Å². The van der Waals surface area contributed by atoms with Crippen molar-refractivity contribution < 1.29 is 9.53 Å². The summed E-state index contributed by atoms with van der Waals surface area (Å²) in [4.78, 5) is 14.1. The van der Waals surface area contributed by atoms with Crippen LogP contribution in [0.3, 0.4) is 0 Å². The van der Waals surface area contributed by atoms with E-state index in [1.54, 1.807) is 24.3 Å². The van der Waals surface area contributed by atoms with Crippen molar-refractivity contribution in [3.8, 4) is 11.8 Å². The molecule has 0 aromatic heterocycles. The van der Waals surface area contributed by atoms with Crippen LogP contribution in [0, 0.1) is 11.3 Å². The summed E-state index contributed by atoms with van der Waals surface area (Å²) in [5.74, 6) is 0.515. The van der Waals surface area contributed by atoms with Crippen LogP contribution >= 0.6 is 0 Å². The third kappa shape index (κ3) is 5.06. The molecule has 1 aromatic carbocycles. The van der Waals surface area contributed by atoms with E-state index < -0.39 is 0 Å². The van der Waals surface area contributed by atoms with E-state index in [1.165, 1.54) is 0 Å². The summed E-state index contributed by atoms with van der Waals surface area (Å²) in [7, 11) is 0. The number of nitrogens with two attached hydrogens (primary N) is 1. The average Bonchev–Trinajstić information content (AvgIpc) is 2.48. The number of likely N-dealkylation sites (tertiary alicyclic amines) is 1. The molecular weight excluding hydrogens is 268 g/mol. The maximum Gasteiger partial charge on any atom is 0.238 e. The molecule has 1 heterocycles. The molecule has 0 saturated carbocycles. The van der Waals surface area contributed by atoms with Crippen LogP contribution in [-0.2, 0) is 4.79 Å². The number of carbonyl (C=O) groups excluding carboxylic acids is 1. The van der Waals surface area contributed by atoms with Gasteiger partial charge < -0.3 is 15.8 Å². The number of piperidine rings is 1. The van der Waals surface area contributed by atoms with Crippen LogP contribution in [0.2, 0.25) is 0 Å². The van der Waals surface area contributed by atoms with Gasteiger partial charge in [-0.2, -0.15) is 5.26 Å². The highest BCUT2D eigenvalue weighted by atomic mass is 16.5. The molecular formula is C15H20N4O2. The van der Waals surface area contributed by atoms with E-state index in [2.05, 4.69) is 10.2 Å². The average molecular weight is 288 g/mol. The maximum absolute atomic E-state index is 12.0. The molecule has 0 aliphatic carbocycles. The van der Waals surface area contributed by atoms with Crippen molar-refractivity contribution in [2.24, 2.45) is 5.73 Å². The molecule has 1 aromatic rings. The second-order valence-corrected chi connectivity index (χ2v) is 5.14. The minimum absolute atomic E-state index is 0.00850. The molecule has 21 heavy (non-hydrogen) atoms. The molecule has 112 valence electrons. The van der Waals surface area contributed by atoms with Gasteiger partial charge in [-0.25, -0.2) is 0 Å². The molecule has 1 aliphatic heterocycles. The van der Waals surface area contributed by atoms with E-state index in [4.69, 9.17) is 15.7 Å². The van der Waals surface area contributed by atoms with Gasteiger partial charge in [0.15, 0.2) is 6.61 Å². The standard InChI is InChI=1S/C15H20N4O2/c16-6-9-21-14-3-1-2-13(10-14)18-15(20)11-19-7-4-12(17)5-8-19/h1-3,10,12H,4-5,7-9,11,17H2,(H,18,20). The van der Waals surface area contributed by atoms with E-state index in [0.29, 0.717) is 18.0 Å². The summed E-state index contributed by atoms with van der Waals surface area (Å²) in [6.45, 7) is 2.08. The highest BCUT2D eigenvalue weighted by Crippen LogP contribution is 2.17. The first kappa shape index (κ1) is 15.3. The second kappa shape index (κ2) is 7.62. The van der Waals surface area contributed by atoms with E-state index in [-0.39, 0.29) is 18.6 Å². The van der Waals surface area contributed by atoms with Crippen LogP contribution in [0.15, 0.2) is 24.3 Å². The lowest BCUT2D eigenvalue weighted by Crippen LogP contribution is -2.43. The monoisotopic (exact) mass is 288 g/mol. The van der Waals surface area contributed by atoms with Crippen molar-refractivity contribution in [2.45, 2.75) is 18.9 Å². The molecule has 1 amide bonds. The highest BCUT2D eigenvalue weighted by Gasteiger charge is 2.18. The van der Waals surface area contributed by atoms with Gasteiger partial charge in [0, 0.05) is 30.9 Å². The zero-order valence-electron chi connectivity index (χ0n) is 11.9. The Morgan fingerprint density at radius 1 is 1.48 bits per heavy atom. The molecule has 6 heteroatoms. The number of nitrogens with one attached hydrogen (secondary N) is 1. The van der Waals surface area contributed by atoms with Gasteiger partial charge in [-0.05, 0) is 25.0 Å². The fourth-order valence-electron chi connectivity index (χ4n) is 2.29. The molecule has 1 saturated heterocycles. The quantitative estimate of drug-likeness (QED) is 0.841. The minimum atomic E-state index is -0.0529. The zero-order valence-corrected chi connectivity index (χ0v) is 11.9. The van der Waals surface area contributed by atoms with Crippen molar-refractivity contribution in [3.63, 3.8) is 0 Å². The number of anilines is 1. The Morgan fingerprint density at radius 2 is 2.24 bits per heavy atom. The second-order valence-electron chi connectivity index (χ2n) is 5.14. The Kier molecular flexibility index (Phi) is 5.55. The van der Waals surface area contributed by atoms with Gasteiger partial charge in [-0.1, -0.05) is 6.07 Å². The van der Waals surface area contributed by atoms with Gasteiger partial charge in [0.05, 0.1) is 6.54 Å². The molecule has 3 N–H and O–H groups in total. The van der Waals surface area contributed by atoms with Crippen molar-refractivity contribution in [2.75, 3.05) is 31.6 Å². The fourth-order valence-corrected chi connectivity index (χ4v) is 2.29. The van der Waals surface area contributed by atoms with Gasteiger partial charge >= 0.3 is 0 Å². The predicted octanol–water partition coefficient (Wildman–Crippen LogP) is 0.951. The van der Waals surface area contributed by atoms with Crippen LogP contribution in [0.4, 0.5) is 5.69 Å². The summed E-state index contributed by atoms with van der Waals surface area (Å²) < 4.78 is 5.20. The van der Waals surface area contributed by atoms with Crippen LogP contribution < -0.4 is 15.8 Å². The summed E-state index contributed by atoms with van der Waals surface area (Å²) in [6, 6.07) is 9.20. The fraction of sp³-hybridized carbons (Fsp3) is 0.467. The predicted molar refractivity (Wildman–Crippen MR) is 79.8 cm³/mol. The molecule has 0 unspecified atom stereocenters. The van der Waals surface area contributed by atoms with Crippen LogP contribution in [-0.4, -0.2) is 43.1 Å². The number of carbonyl (C=O) groups is 1. The van der Waals surface area contributed by atoms with Gasteiger partial charge in [-0.15, -0.1) is 0 Å². The first-order valence-corrected chi connectivity index (χ1v) is 7.05. The third-order valence-corrected chi connectivity index (χ3v) is 3.42. The number of amides is 1. The first-order chi connectivity index (χ1) is 10.2. The van der Waals surface area contributed by atoms with Gasteiger partial charge in [-0.3, -0.25) is 9.69 Å². The molecule has 2 rings (SSSR count). The van der Waals surface area contributed by atoms with E-state index in [9.17, 15) is 4.79 Å². The van der Waals surface area contributed by atoms with Crippen molar-refractivity contribution >= 4 is 11.6 Å². The maximum atomic E-state index is 12.0. The van der Waals surface area contributed by atoms with Crippen molar-refractivity contribution in [1.29, 1.82) is 5.26 Å². The number of benzene rings is 1. The van der Waals surface area contributed by atoms with Gasteiger partial charge in [0.25, 0.3) is 0 Å². The summed E-state index contributed by atoms with van der Waals surface area (Å²) in [6.07, 6.45) is 1.87. The lowest BCUT2D eigenvalue weighted by Gasteiger charge is -2.29. The topological polar surface area (TPSA) is 91.4 Å². The SMILES string of the molecule is N#CCOc1cccc(NC(=O)CN2CCC(N)CC2)c1. The van der Waals surface area contributed by atoms with Gasteiger partial charge in [0.2, 0.25) is 5.91 Å². The Morgan fingerprint density at radius 3 is 2.95 bits per heavy atom. The van der Waals surface area contributed by atoms with Gasteiger partial charge in [0.1, 0.15) is 11.8 Å². The molecule has 0 spiro atoms. The lowest BCUT2D eigenvalue weighted by molar-refractivity contribution is -0.117. The Bertz CT molecular complexity index is 519. The highest BCUT2D eigenvalue weighted by molar-refractivity contribution is 5.92. The van der Waals surface area contributed by atoms with Crippen LogP contribution in [0.5, 0.6) is 5.75 Å². The summed E-state index contributed by atoms with van der Waals surface area (Å²) in [5, 5.41) is 11.3. The Balaban J connectivity index is 1.83. The normalized spacial score (nSPS) is 16.2. The van der Waals surface area contributed by atoms with E-state index >= 15 is 0 Å². The molecule has 0 atom stereocenters. The first-order valence-electron chi connectivity index (χ1n) is 7.05. The smallest absolute Gasteiger partial charge is 0.238 e. The largest absolute Gasteiger partial charge is 0.479 e. The summed E-state index contributed by atoms with van der Waals surface area (Å²) in [5.41, 5.74) is 6.51. The minimum Gasteiger partial charge on any atom is -0.479 e. The number of ether oxygens (including phenoxy) is 1. The Hall–Kier alpha value is -2.10. The summed E-state index contributed by atoms with van der Waals surface area (Å²) >= 11 is 0. The van der Waals surface area contributed by atoms with Crippen LogP contribution in [0.25, 0.3) is 0 Å². The lowest BCUT2D eigenvalue weighted by atomic mass is 10.1. The van der Waals surface area contributed by atoms with Crippen molar-refractivity contribution in [3.05, 3.63) is 24.3 Å². The molecule has 0 bridgehead atoms. The molecule has 1 aliphatic rings. The number of rotatable bonds is 5. The van der Waals surface area contributed by atoms with E-state index in [0.717, 1.165) is 25.9 Å².